The van der Waals surface area contributed by atoms with Crippen LogP contribution >= 0.6 is 11.6 Å². The second-order valence-corrected chi connectivity index (χ2v) is 7.37. The zero-order valence-electron chi connectivity index (χ0n) is 16.7. The van der Waals surface area contributed by atoms with E-state index in [1.54, 1.807) is 12.1 Å². The molecule has 0 atom stereocenters. The molecule has 0 saturated carbocycles. The Balaban J connectivity index is 1.48. The number of oxime groups is 1. The van der Waals surface area contributed by atoms with Gasteiger partial charge in [0.25, 0.3) is 0 Å². The molecule has 2 aromatic carbocycles. The van der Waals surface area contributed by atoms with E-state index in [-0.39, 0.29) is 5.82 Å². The van der Waals surface area contributed by atoms with Crippen LogP contribution in [0.4, 0.5) is 15.8 Å². The van der Waals surface area contributed by atoms with Gasteiger partial charge in [-0.3, -0.25) is 4.98 Å². The average Bonchev–Trinajstić information content (AvgIpc) is 2.77. The van der Waals surface area contributed by atoms with E-state index in [4.69, 9.17) is 16.4 Å². The van der Waals surface area contributed by atoms with Crippen molar-refractivity contribution in [2.45, 2.75) is 6.92 Å². The number of fused-ring (bicyclic) bond motifs is 1. The average molecular weight is 428 g/mol. The van der Waals surface area contributed by atoms with Crippen molar-refractivity contribution in [1.29, 1.82) is 0 Å². The number of pyridine rings is 1. The molecule has 0 amide bonds. The molecule has 0 aliphatic carbocycles. The van der Waals surface area contributed by atoms with E-state index in [9.17, 15) is 4.39 Å². The van der Waals surface area contributed by atoms with Gasteiger partial charge < -0.3 is 20.0 Å². The van der Waals surface area contributed by atoms with Gasteiger partial charge in [0.2, 0.25) is 5.96 Å². The normalized spacial score (nSPS) is 14.8. The fourth-order valence-corrected chi connectivity index (χ4v) is 3.66. The first-order valence-electron chi connectivity index (χ1n) is 9.91. The van der Waals surface area contributed by atoms with Crippen LogP contribution in [0.25, 0.3) is 10.9 Å². The lowest BCUT2D eigenvalue weighted by molar-refractivity contribution is 0.152. The van der Waals surface area contributed by atoms with Crippen molar-refractivity contribution in [1.82, 2.24) is 9.88 Å². The second-order valence-electron chi connectivity index (χ2n) is 6.93. The lowest BCUT2D eigenvalue weighted by Gasteiger charge is -2.37. The van der Waals surface area contributed by atoms with Gasteiger partial charge in [-0.25, -0.2) is 4.39 Å². The summed E-state index contributed by atoms with van der Waals surface area (Å²) in [5.74, 6) is 0.345. The number of halogens is 2. The van der Waals surface area contributed by atoms with Gasteiger partial charge in [-0.15, -0.1) is 0 Å². The number of aromatic nitrogens is 1. The number of hydrogen-bond acceptors (Lipinski definition) is 4. The number of nitrogens with one attached hydrogen (secondary N) is 1. The number of rotatable bonds is 4. The summed E-state index contributed by atoms with van der Waals surface area (Å²) in [6.07, 6.45) is 1.82. The minimum Gasteiger partial charge on any atom is -0.393 e. The van der Waals surface area contributed by atoms with Crippen LogP contribution in [0.2, 0.25) is 5.02 Å². The summed E-state index contributed by atoms with van der Waals surface area (Å²) in [4.78, 5) is 14.2. The predicted molar refractivity (Wildman–Crippen MR) is 120 cm³/mol. The summed E-state index contributed by atoms with van der Waals surface area (Å²) < 4.78 is 13.2. The van der Waals surface area contributed by atoms with Crippen molar-refractivity contribution in [3.63, 3.8) is 0 Å². The van der Waals surface area contributed by atoms with E-state index in [0.29, 0.717) is 17.6 Å². The van der Waals surface area contributed by atoms with E-state index in [1.807, 2.05) is 37.4 Å². The van der Waals surface area contributed by atoms with Gasteiger partial charge in [0.1, 0.15) is 12.4 Å². The number of benzene rings is 2. The smallest absolute Gasteiger partial charge is 0.240 e. The van der Waals surface area contributed by atoms with E-state index < -0.39 is 0 Å². The molecule has 0 unspecified atom stereocenters. The number of nitrogens with zero attached hydrogens (tertiary/aromatic N) is 4. The lowest BCUT2D eigenvalue weighted by atomic mass is 10.1. The minimum absolute atomic E-state index is 0.275. The van der Waals surface area contributed by atoms with Crippen LogP contribution in [0.1, 0.15) is 6.92 Å². The minimum atomic E-state index is -0.275. The van der Waals surface area contributed by atoms with Gasteiger partial charge in [-0.1, -0.05) is 11.6 Å². The first-order chi connectivity index (χ1) is 14.6. The highest BCUT2D eigenvalue weighted by molar-refractivity contribution is 6.31. The summed E-state index contributed by atoms with van der Waals surface area (Å²) >= 11 is 6.11. The van der Waals surface area contributed by atoms with Crippen LogP contribution in [-0.2, 0) is 4.84 Å². The first kappa shape index (κ1) is 20.2. The lowest BCUT2D eigenvalue weighted by Crippen LogP contribution is -2.50. The Morgan fingerprint density at radius 2 is 1.90 bits per heavy atom. The van der Waals surface area contributed by atoms with Crippen molar-refractivity contribution < 1.29 is 9.23 Å². The van der Waals surface area contributed by atoms with Crippen LogP contribution in [0.3, 0.4) is 0 Å². The van der Waals surface area contributed by atoms with E-state index in [0.717, 1.165) is 48.5 Å². The fraction of sp³-hybridized carbons (Fsp3) is 0.273. The Morgan fingerprint density at radius 1 is 1.13 bits per heavy atom. The molecule has 0 spiro atoms. The predicted octanol–water partition coefficient (Wildman–Crippen LogP) is 4.57. The number of hydrogen-bond donors (Lipinski definition) is 1. The summed E-state index contributed by atoms with van der Waals surface area (Å²) in [5, 5.41) is 9.25. The highest BCUT2D eigenvalue weighted by Gasteiger charge is 2.22. The quantitative estimate of drug-likeness (QED) is 0.375. The number of anilines is 2. The molecule has 30 heavy (non-hydrogen) atoms. The standard InChI is InChI=1S/C22H23ClFN5O/c1-2-30-27-22(26-18-6-4-17(24)5-7-18)29-13-11-28(12-14-29)21-9-10-25-20-15-16(23)3-8-19(20)21/h3-10,15H,2,11-14H2,1H3,(H,26,27). The Bertz CT molecular complexity index is 1040. The molecule has 0 bridgehead atoms. The number of piperazine rings is 1. The molecule has 1 aliphatic heterocycles. The third kappa shape index (κ3) is 4.57. The molecule has 1 saturated heterocycles. The van der Waals surface area contributed by atoms with Crippen LogP contribution in [-0.4, -0.2) is 48.6 Å². The first-order valence-corrected chi connectivity index (χ1v) is 10.3. The van der Waals surface area contributed by atoms with Crippen molar-refractivity contribution >= 4 is 39.8 Å². The number of guanidine groups is 1. The van der Waals surface area contributed by atoms with Crippen LogP contribution in [0, 0.1) is 5.82 Å². The molecular formula is C22H23ClFN5O. The summed E-state index contributed by atoms with van der Waals surface area (Å²) in [6.45, 7) is 5.52. The maximum Gasteiger partial charge on any atom is 0.240 e. The molecule has 1 N–H and O–H groups in total. The molecule has 4 rings (SSSR count). The van der Waals surface area contributed by atoms with Gasteiger partial charge in [0, 0.05) is 54.2 Å². The Kier molecular flexibility index (Phi) is 6.18. The molecule has 8 heteroatoms. The summed E-state index contributed by atoms with van der Waals surface area (Å²) in [6, 6.07) is 14.0. The zero-order chi connectivity index (χ0) is 20.9. The third-order valence-corrected chi connectivity index (χ3v) is 5.22. The SMILES string of the molecule is CCO/N=C(/Nc1ccc(F)cc1)N1CCN(c2ccnc3cc(Cl)ccc23)CC1. The van der Waals surface area contributed by atoms with E-state index in [1.165, 1.54) is 12.1 Å². The van der Waals surface area contributed by atoms with Crippen LogP contribution in [0.15, 0.2) is 59.9 Å². The summed E-state index contributed by atoms with van der Waals surface area (Å²) in [7, 11) is 0. The van der Waals surface area contributed by atoms with E-state index >= 15 is 0 Å². The monoisotopic (exact) mass is 427 g/mol. The summed E-state index contributed by atoms with van der Waals surface area (Å²) in [5.41, 5.74) is 2.79. The van der Waals surface area contributed by atoms with Gasteiger partial charge in [0.05, 0.1) is 5.52 Å². The molecule has 1 fully saturated rings. The highest BCUT2D eigenvalue weighted by Crippen LogP contribution is 2.28. The maximum atomic E-state index is 13.2. The molecule has 156 valence electrons. The maximum absolute atomic E-state index is 13.2. The molecule has 3 aromatic rings. The zero-order valence-corrected chi connectivity index (χ0v) is 17.4. The van der Waals surface area contributed by atoms with Crippen LogP contribution in [0.5, 0.6) is 0 Å². The molecule has 0 radical (unpaired) electrons. The Morgan fingerprint density at radius 3 is 2.63 bits per heavy atom. The van der Waals surface area contributed by atoms with Gasteiger partial charge in [-0.2, -0.15) is 0 Å². The van der Waals surface area contributed by atoms with Crippen molar-refractivity contribution in [3.8, 4) is 0 Å². The largest absolute Gasteiger partial charge is 0.393 e. The third-order valence-electron chi connectivity index (χ3n) is 4.98. The molecule has 6 nitrogen and oxygen atoms in total. The Labute approximate surface area is 179 Å². The van der Waals surface area contributed by atoms with Crippen molar-refractivity contribution in [2.24, 2.45) is 5.16 Å². The van der Waals surface area contributed by atoms with Crippen LogP contribution < -0.4 is 10.2 Å². The van der Waals surface area contributed by atoms with Crippen molar-refractivity contribution in [3.05, 3.63) is 65.6 Å². The molecular weight excluding hydrogens is 405 g/mol. The van der Waals surface area contributed by atoms with Gasteiger partial charge in [0.15, 0.2) is 0 Å². The van der Waals surface area contributed by atoms with E-state index in [2.05, 4.69) is 25.3 Å². The molecule has 1 aromatic heterocycles. The molecule has 1 aliphatic rings. The van der Waals surface area contributed by atoms with Gasteiger partial charge in [-0.05, 0) is 60.6 Å². The van der Waals surface area contributed by atoms with Gasteiger partial charge >= 0.3 is 0 Å². The molecule has 2 heterocycles. The second kappa shape index (κ2) is 9.17. The fourth-order valence-electron chi connectivity index (χ4n) is 3.49. The highest BCUT2D eigenvalue weighted by atomic mass is 35.5. The topological polar surface area (TPSA) is 53.0 Å². The Hall–Kier alpha value is -3.06. The van der Waals surface area contributed by atoms with Crippen molar-refractivity contribution in [2.75, 3.05) is 43.0 Å².